The molecule has 2 aliphatic heterocycles. The van der Waals surface area contributed by atoms with Gasteiger partial charge in [0.2, 0.25) is 5.91 Å². The largest absolute Gasteiger partial charge is 0.487 e. The summed E-state index contributed by atoms with van der Waals surface area (Å²) in [5.41, 5.74) is 4.48. The summed E-state index contributed by atoms with van der Waals surface area (Å²) in [5, 5.41) is 9.78. The number of hydrogen-bond donors (Lipinski definition) is 1. The Morgan fingerprint density at radius 1 is 1.00 bits per heavy atom. The molecular weight excluding hydrogens is 578 g/mol. The van der Waals surface area contributed by atoms with E-state index in [9.17, 15) is 4.79 Å². The standard InChI is InChI=1S/C33H38ClN7O3/c1-4-27(42)40-14-16-41(17-15-40)32-23-18-25(34)29(28-20(2)8-9-26-24(28)19-35-38-26)31(43-21-6-5-7-21)30(23)36-33(37-32)44-22-10-12-39(3)13-11-22/h4,8-9,18-19,21-22H,1,5-7,10-17H2,2-3H3,(H,35,38). The smallest absolute Gasteiger partial charge is 0.319 e. The number of carbonyl (C=O) groups is 1. The van der Waals surface area contributed by atoms with Gasteiger partial charge in [-0.15, -0.1) is 0 Å². The van der Waals surface area contributed by atoms with Crippen molar-refractivity contribution in [3.05, 3.63) is 47.6 Å². The molecule has 0 radical (unpaired) electrons. The van der Waals surface area contributed by atoms with E-state index in [-0.39, 0.29) is 18.1 Å². The van der Waals surface area contributed by atoms with E-state index in [1.807, 2.05) is 23.2 Å². The van der Waals surface area contributed by atoms with Gasteiger partial charge in [0.15, 0.2) is 5.75 Å². The van der Waals surface area contributed by atoms with Crippen molar-refractivity contribution in [2.24, 2.45) is 0 Å². The zero-order valence-corrected chi connectivity index (χ0v) is 26.1. The van der Waals surface area contributed by atoms with E-state index in [4.69, 9.17) is 31.0 Å². The molecule has 10 nitrogen and oxygen atoms in total. The van der Waals surface area contributed by atoms with Crippen LogP contribution in [0, 0.1) is 6.92 Å². The van der Waals surface area contributed by atoms with Gasteiger partial charge in [-0.2, -0.15) is 15.1 Å². The number of amides is 1. The van der Waals surface area contributed by atoms with E-state index in [0.29, 0.717) is 48.5 Å². The molecule has 1 amide bonds. The summed E-state index contributed by atoms with van der Waals surface area (Å²) in [4.78, 5) is 28.7. The summed E-state index contributed by atoms with van der Waals surface area (Å²) in [7, 11) is 2.13. The number of nitrogens with one attached hydrogen (secondary N) is 1. The number of H-pyrrole nitrogens is 1. The number of piperazine rings is 1. The highest BCUT2D eigenvalue weighted by atomic mass is 35.5. The molecular formula is C33H38ClN7O3. The third kappa shape index (κ3) is 5.34. The van der Waals surface area contributed by atoms with Crippen LogP contribution in [-0.2, 0) is 4.79 Å². The molecule has 3 aliphatic rings. The van der Waals surface area contributed by atoms with Crippen molar-refractivity contribution >= 4 is 45.1 Å². The number of benzene rings is 2. The van der Waals surface area contributed by atoms with Crippen LogP contribution >= 0.6 is 11.6 Å². The lowest BCUT2D eigenvalue weighted by Crippen LogP contribution is -2.48. The number of likely N-dealkylation sites (tertiary alicyclic amines) is 1. The van der Waals surface area contributed by atoms with Crippen LogP contribution in [0.1, 0.15) is 37.7 Å². The van der Waals surface area contributed by atoms with E-state index in [2.05, 4.69) is 46.6 Å². The van der Waals surface area contributed by atoms with Gasteiger partial charge in [0.1, 0.15) is 17.4 Å². The summed E-state index contributed by atoms with van der Waals surface area (Å²) < 4.78 is 13.3. The lowest BCUT2D eigenvalue weighted by atomic mass is 9.93. The molecule has 4 aromatic rings. The zero-order chi connectivity index (χ0) is 30.4. The number of fused-ring (bicyclic) bond motifs is 2. The first-order chi connectivity index (χ1) is 21.4. The monoisotopic (exact) mass is 615 g/mol. The molecule has 7 rings (SSSR count). The van der Waals surface area contributed by atoms with Crippen molar-refractivity contribution in [3.8, 4) is 22.9 Å². The van der Waals surface area contributed by atoms with Gasteiger partial charge in [-0.3, -0.25) is 9.89 Å². The summed E-state index contributed by atoms with van der Waals surface area (Å²) in [6.07, 6.45) is 8.26. The number of anilines is 1. The zero-order valence-electron chi connectivity index (χ0n) is 25.3. The average molecular weight is 616 g/mol. The van der Waals surface area contributed by atoms with E-state index in [1.54, 1.807) is 0 Å². The van der Waals surface area contributed by atoms with Crippen molar-refractivity contribution < 1.29 is 14.3 Å². The number of aromatic amines is 1. The number of hydrogen-bond acceptors (Lipinski definition) is 8. The number of nitrogens with zero attached hydrogens (tertiary/aromatic N) is 6. The fourth-order valence-electron chi connectivity index (χ4n) is 6.44. The van der Waals surface area contributed by atoms with Gasteiger partial charge in [-0.25, -0.2) is 0 Å². The Labute approximate surface area is 262 Å². The molecule has 1 aliphatic carbocycles. The van der Waals surface area contributed by atoms with E-state index in [0.717, 1.165) is 84.0 Å². The summed E-state index contributed by atoms with van der Waals surface area (Å²) >= 11 is 7.25. The molecule has 0 bridgehead atoms. The van der Waals surface area contributed by atoms with Crippen LogP contribution in [0.3, 0.4) is 0 Å². The first-order valence-corrected chi connectivity index (χ1v) is 15.9. The Morgan fingerprint density at radius 2 is 1.75 bits per heavy atom. The van der Waals surface area contributed by atoms with Crippen LogP contribution in [0.4, 0.5) is 5.82 Å². The first-order valence-electron chi connectivity index (χ1n) is 15.5. The Balaban J connectivity index is 1.41. The second-order valence-corrected chi connectivity index (χ2v) is 12.6. The maximum Gasteiger partial charge on any atom is 0.319 e. The van der Waals surface area contributed by atoms with Crippen LogP contribution in [0.5, 0.6) is 11.8 Å². The van der Waals surface area contributed by atoms with Crippen LogP contribution in [0.2, 0.25) is 5.02 Å². The number of rotatable bonds is 7. The molecule has 3 fully saturated rings. The summed E-state index contributed by atoms with van der Waals surface area (Å²) in [6, 6.07) is 6.42. The predicted molar refractivity (Wildman–Crippen MR) is 173 cm³/mol. The SMILES string of the molecule is C=CC(=O)N1CCN(c2nc(OC3CCN(C)CC3)nc3c(OC4CCC4)c(-c4c(C)ccc5[nH]ncc45)c(Cl)cc23)CC1. The minimum absolute atomic E-state index is 0.0308. The van der Waals surface area contributed by atoms with Gasteiger partial charge < -0.3 is 24.2 Å². The molecule has 11 heteroatoms. The van der Waals surface area contributed by atoms with Crippen molar-refractivity contribution in [1.82, 2.24) is 30.0 Å². The van der Waals surface area contributed by atoms with Crippen molar-refractivity contribution in [1.29, 1.82) is 0 Å². The molecule has 2 aromatic carbocycles. The molecule has 230 valence electrons. The highest BCUT2D eigenvalue weighted by Gasteiger charge is 2.31. The molecule has 2 saturated heterocycles. The molecule has 4 heterocycles. The second-order valence-electron chi connectivity index (χ2n) is 12.2. The van der Waals surface area contributed by atoms with Gasteiger partial charge in [-0.05, 0) is 69.8 Å². The first kappa shape index (κ1) is 28.9. The predicted octanol–water partition coefficient (Wildman–Crippen LogP) is 5.37. The fraction of sp³-hybridized carbons (Fsp3) is 0.455. The number of halogens is 1. The maximum absolute atomic E-state index is 12.3. The van der Waals surface area contributed by atoms with E-state index >= 15 is 0 Å². The minimum atomic E-state index is -0.0591. The summed E-state index contributed by atoms with van der Waals surface area (Å²) in [5.74, 6) is 1.34. The van der Waals surface area contributed by atoms with Crippen molar-refractivity contribution in [2.45, 2.75) is 51.2 Å². The van der Waals surface area contributed by atoms with Crippen LogP contribution in [0.15, 0.2) is 37.1 Å². The Morgan fingerprint density at radius 3 is 2.45 bits per heavy atom. The van der Waals surface area contributed by atoms with Crippen LogP contribution < -0.4 is 14.4 Å². The van der Waals surface area contributed by atoms with Gasteiger partial charge in [0.05, 0.1) is 22.8 Å². The number of carbonyl (C=O) groups excluding carboxylic acids is 1. The van der Waals surface area contributed by atoms with E-state index in [1.165, 1.54) is 6.08 Å². The molecule has 0 atom stereocenters. The lowest BCUT2D eigenvalue weighted by molar-refractivity contribution is -0.126. The van der Waals surface area contributed by atoms with Gasteiger partial charge in [0.25, 0.3) is 0 Å². The number of aryl methyl sites for hydroxylation is 1. The van der Waals surface area contributed by atoms with Crippen LogP contribution in [-0.4, -0.2) is 94.4 Å². The van der Waals surface area contributed by atoms with Gasteiger partial charge in [0, 0.05) is 61.2 Å². The molecule has 0 spiro atoms. The fourth-order valence-corrected chi connectivity index (χ4v) is 6.73. The molecule has 0 unspecified atom stereocenters. The number of piperidine rings is 1. The molecule has 1 N–H and O–H groups in total. The van der Waals surface area contributed by atoms with E-state index < -0.39 is 0 Å². The maximum atomic E-state index is 12.3. The Hall–Kier alpha value is -3.89. The van der Waals surface area contributed by atoms with Crippen LogP contribution in [0.25, 0.3) is 32.9 Å². The average Bonchev–Trinajstić information content (AvgIpc) is 3.49. The Kier molecular flexibility index (Phi) is 7.80. The number of aromatic nitrogens is 4. The normalized spacial score (nSPS) is 18.5. The topological polar surface area (TPSA) is 99.7 Å². The van der Waals surface area contributed by atoms with Gasteiger partial charge >= 0.3 is 6.01 Å². The lowest BCUT2D eigenvalue weighted by Gasteiger charge is -2.36. The highest BCUT2D eigenvalue weighted by Crippen LogP contribution is 2.48. The third-order valence-electron chi connectivity index (χ3n) is 9.28. The third-order valence-corrected chi connectivity index (χ3v) is 9.58. The summed E-state index contributed by atoms with van der Waals surface area (Å²) in [6.45, 7) is 10.0. The van der Waals surface area contributed by atoms with Crippen molar-refractivity contribution in [2.75, 3.05) is 51.2 Å². The highest BCUT2D eigenvalue weighted by molar-refractivity contribution is 6.35. The minimum Gasteiger partial charge on any atom is -0.487 e. The van der Waals surface area contributed by atoms with Crippen molar-refractivity contribution in [3.63, 3.8) is 0 Å². The molecule has 2 aromatic heterocycles. The van der Waals surface area contributed by atoms with Gasteiger partial charge in [-0.1, -0.05) is 24.2 Å². The Bertz CT molecular complexity index is 1720. The molecule has 1 saturated carbocycles. The number of ether oxygens (including phenoxy) is 2. The quantitative estimate of drug-likeness (QED) is 0.277. The second kappa shape index (κ2) is 11.9. The molecule has 44 heavy (non-hydrogen) atoms.